The van der Waals surface area contributed by atoms with Gasteiger partial charge in [0.15, 0.2) is 0 Å². The zero-order valence-corrected chi connectivity index (χ0v) is 8.31. The van der Waals surface area contributed by atoms with Gasteiger partial charge in [-0.2, -0.15) is 0 Å². The second-order valence-electron chi connectivity index (χ2n) is 3.67. The molecule has 0 aliphatic heterocycles. The quantitative estimate of drug-likeness (QED) is 0.633. The third kappa shape index (κ3) is 1.45. The smallest absolute Gasteiger partial charge is 0.0346 e. The molecule has 2 N–H and O–H groups in total. The molecule has 0 saturated heterocycles. The molecule has 0 bridgehead atoms. The summed E-state index contributed by atoms with van der Waals surface area (Å²) >= 11 is 0. The van der Waals surface area contributed by atoms with Crippen molar-refractivity contribution in [1.29, 1.82) is 0 Å². The fourth-order valence-electron chi connectivity index (χ4n) is 1.77. The van der Waals surface area contributed by atoms with Gasteiger partial charge < -0.3 is 5.73 Å². The van der Waals surface area contributed by atoms with Crippen LogP contribution in [0.1, 0.15) is 36.5 Å². The zero-order chi connectivity index (χ0) is 9.30. The lowest BCUT2D eigenvalue weighted by molar-refractivity contribution is 0.847. The molecule has 0 aromatic heterocycles. The van der Waals surface area contributed by atoms with Crippen molar-refractivity contribution in [3.8, 4) is 0 Å². The molecule has 1 aromatic rings. The lowest BCUT2D eigenvalue weighted by atomic mass is 9.92. The molecule has 66 valence electrons. The van der Waals surface area contributed by atoms with E-state index in [9.17, 15) is 0 Å². The van der Waals surface area contributed by atoms with Gasteiger partial charge in [-0.1, -0.05) is 19.9 Å². The summed E-state index contributed by atoms with van der Waals surface area (Å²) in [6.07, 6.45) is 0. The highest BCUT2D eigenvalue weighted by atomic mass is 14.6. The van der Waals surface area contributed by atoms with E-state index in [1.807, 2.05) is 6.07 Å². The standard InChI is InChI=1S/C11H17N/c1-7(2)11-8(3)5-6-10(12)9(11)4/h5-7H,12H2,1-4H3. The lowest BCUT2D eigenvalue weighted by Crippen LogP contribution is -2.00. The Balaban J connectivity index is 3.33. The molecule has 1 rings (SSSR count). The predicted molar refractivity (Wildman–Crippen MR) is 54.4 cm³/mol. The molecule has 0 heterocycles. The molecule has 0 saturated carbocycles. The summed E-state index contributed by atoms with van der Waals surface area (Å²) in [4.78, 5) is 0. The second kappa shape index (κ2) is 3.18. The summed E-state index contributed by atoms with van der Waals surface area (Å²) in [5.74, 6) is 0.563. The van der Waals surface area contributed by atoms with Crippen LogP contribution in [0.4, 0.5) is 5.69 Å². The van der Waals surface area contributed by atoms with Gasteiger partial charge >= 0.3 is 0 Å². The average molecular weight is 163 g/mol. The number of rotatable bonds is 1. The van der Waals surface area contributed by atoms with Crippen LogP contribution in [0.2, 0.25) is 0 Å². The van der Waals surface area contributed by atoms with Crippen LogP contribution in [0.25, 0.3) is 0 Å². The summed E-state index contributed by atoms with van der Waals surface area (Å²) in [5.41, 5.74) is 10.7. The Morgan fingerprint density at radius 2 is 1.75 bits per heavy atom. The normalized spacial score (nSPS) is 10.8. The van der Waals surface area contributed by atoms with Crippen LogP contribution in [-0.4, -0.2) is 0 Å². The number of benzene rings is 1. The number of nitrogen functional groups attached to an aromatic ring is 1. The third-order valence-electron chi connectivity index (χ3n) is 2.35. The Morgan fingerprint density at radius 3 is 2.17 bits per heavy atom. The highest BCUT2D eigenvalue weighted by Crippen LogP contribution is 2.26. The Kier molecular flexibility index (Phi) is 2.41. The van der Waals surface area contributed by atoms with Crippen molar-refractivity contribution < 1.29 is 0 Å². The van der Waals surface area contributed by atoms with Crippen molar-refractivity contribution in [3.05, 3.63) is 28.8 Å². The number of nitrogens with two attached hydrogens (primary N) is 1. The van der Waals surface area contributed by atoms with E-state index < -0.39 is 0 Å². The van der Waals surface area contributed by atoms with Crippen molar-refractivity contribution in [3.63, 3.8) is 0 Å². The van der Waals surface area contributed by atoms with E-state index in [1.165, 1.54) is 16.7 Å². The summed E-state index contributed by atoms with van der Waals surface area (Å²) in [6, 6.07) is 4.08. The fraction of sp³-hybridized carbons (Fsp3) is 0.455. The van der Waals surface area contributed by atoms with Gasteiger partial charge in [0.05, 0.1) is 0 Å². The van der Waals surface area contributed by atoms with Crippen LogP contribution >= 0.6 is 0 Å². The molecule has 0 aliphatic carbocycles. The average Bonchev–Trinajstić information content (AvgIpc) is 1.97. The summed E-state index contributed by atoms with van der Waals surface area (Å²) in [5, 5.41) is 0. The van der Waals surface area contributed by atoms with Crippen molar-refractivity contribution in [1.82, 2.24) is 0 Å². The Morgan fingerprint density at radius 1 is 1.17 bits per heavy atom. The van der Waals surface area contributed by atoms with Crippen molar-refractivity contribution in [2.24, 2.45) is 0 Å². The maximum Gasteiger partial charge on any atom is 0.0346 e. The highest BCUT2D eigenvalue weighted by Gasteiger charge is 2.08. The number of hydrogen-bond donors (Lipinski definition) is 1. The van der Waals surface area contributed by atoms with E-state index in [0.29, 0.717) is 5.92 Å². The number of hydrogen-bond acceptors (Lipinski definition) is 1. The van der Waals surface area contributed by atoms with Crippen LogP contribution in [-0.2, 0) is 0 Å². The molecule has 0 atom stereocenters. The third-order valence-corrected chi connectivity index (χ3v) is 2.35. The van der Waals surface area contributed by atoms with Gasteiger partial charge in [0, 0.05) is 5.69 Å². The first-order valence-electron chi connectivity index (χ1n) is 4.39. The van der Waals surface area contributed by atoms with E-state index in [0.717, 1.165) is 5.69 Å². The molecule has 0 aliphatic rings. The maximum atomic E-state index is 5.83. The van der Waals surface area contributed by atoms with E-state index in [4.69, 9.17) is 5.73 Å². The van der Waals surface area contributed by atoms with E-state index in [2.05, 4.69) is 33.8 Å². The van der Waals surface area contributed by atoms with Gasteiger partial charge in [-0.05, 0) is 42.5 Å². The van der Waals surface area contributed by atoms with Gasteiger partial charge in [-0.15, -0.1) is 0 Å². The van der Waals surface area contributed by atoms with Crippen LogP contribution in [0, 0.1) is 13.8 Å². The van der Waals surface area contributed by atoms with Crippen molar-refractivity contribution in [2.75, 3.05) is 5.73 Å². The van der Waals surface area contributed by atoms with Crippen LogP contribution in [0.3, 0.4) is 0 Å². The highest BCUT2D eigenvalue weighted by molar-refractivity contribution is 5.53. The predicted octanol–water partition coefficient (Wildman–Crippen LogP) is 3.01. The topological polar surface area (TPSA) is 26.0 Å². The zero-order valence-electron chi connectivity index (χ0n) is 8.31. The maximum absolute atomic E-state index is 5.83. The van der Waals surface area contributed by atoms with Crippen LogP contribution in [0.5, 0.6) is 0 Å². The first-order chi connectivity index (χ1) is 5.54. The van der Waals surface area contributed by atoms with E-state index in [-0.39, 0.29) is 0 Å². The Bertz CT molecular complexity index is 287. The summed E-state index contributed by atoms with van der Waals surface area (Å²) in [6.45, 7) is 8.64. The molecule has 0 spiro atoms. The molecule has 1 aromatic carbocycles. The largest absolute Gasteiger partial charge is 0.399 e. The number of anilines is 1. The van der Waals surface area contributed by atoms with Crippen LogP contribution < -0.4 is 5.73 Å². The summed E-state index contributed by atoms with van der Waals surface area (Å²) < 4.78 is 0. The molecule has 0 fully saturated rings. The van der Waals surface area contributed by atoms with Gasteiger partial charge in [0.1, 0.15) is 0 Å². The molecule has 1 heteroatoms. The van der Waals surface area contributed by atoms with Gasteiger partial charge in [0.25, 0.3) is 0 Å². The Hall–Kier alpha value is -0.980. The molecular weight excluding hydrogens is 146 g/mol. The minimum atomic E-state index is 0.563. The first-order valence-corrected chi connectivity index (χ1v) is 4.39. The van der Waals surface area contributed by atoms with Gasteiger partial charge in [-0.25, -0.2) is 0 Å². The molecule has 0 radical (unpaired) electrons. The SMILES string of the molecule is Cc1ccc(N)c(C)c1C(C)C. The number of aryl methyl sites for hydroxylation is 1. The Labute approximate surface area is 74.6 Å². The van der Waals surface area contributed by atoms with Gasteiger partial charge in [0.2, 0.25) is 0 Å². The molecule has 12 heavy (non-hydrogen) atoms. The summed E-state index contributed by atoms with van der Waals surface area (Å²) in [7, 11) is 0. The molecule has 0 amide bonds. The van der Waals surface area contributed by atoms with E-state index >= 15 is 0 Å². The molecule has 1 nitrogen and oxygen atoms in total. The fourth-order valence-corrected chi connectivity index (χ4v) is 1.77. The van der Waals surface area contributed by atoms with E-state index in [1.54, 1.807) is 0 Å². The van der Waals surface area contributed by atoms with Crippen LogP contribution in [0.15, 0.2) is 12.1 Å². The molecular formula is C11H17N. The lowest BCUT2D eigenvalue weighted by Gasteiger charge is -2.14. The monoisotopic (exact) mass is 163 g/mol. The van der Waals surface area contributed by atoms with Gasteiger partial charge in [-0.3, -0.25) is 0 Å². The minimum absolute atomic E-state index is 0.563. The second-order valence-corrected chi connectivity index (χ2v) is 3.67. The molecule has 0 unspecified atom stereocenters. The first kappa shape index (κ1) is 9.11. The minimum Gasteiger partial charge on any atom is -0.399 e. The van der Waals surface area contributed by atoms with Crippen molar-refractivity contribution in [2.45, 2.75) is 33.6 Å². The van der Waals surface area contributed by atoms with Crippen molar-refractivity contribution >= 4 is 5.69 Å².